The molecule has 0 aliphatic carbocycles. The summed E-state index contributed by atoms with van der Waals surface area (Å²) >= 11 is 0. The van der Waals surface area contributed by atoms with Crippen LogP contribution in [0, 0.1) is 0 Å². The summed E-state index contributed by atoms with van der Waals surface area (Å²) < 4.78 is 0. The highest BCUT2D eigenvalue weighted by molar-refractivity contribution is 5.86. The van der Waals surface area contributed by atoms with Gasteiger partial charge < -0.3 is 49.1 Å². The normalized spacial score (nSPS) is 11.5. The van der Waals surface area contributed by atoms with Crippen molar-refractivity contribution in [2.75, 3.05) is 72.0 Å². The van der Waals surface area contributed by atoms with Crippen molar-refractivity contribution >= 4 is 91.6 Å². The summed E-state index contributed by atoms with van der Waals surface area (Å²) in [6.45, 7) is 9.36. The molecule has 0 bridgehead atoms. The molecule has 0 saturated carbocycles. The SMILES string of the molecule is CC/C=C\CCC(=O)NCCCCN(CCCNC(=O)CC/C=C\CC)C(=O)CN(CCCNC(=O)[C@H](N)CCCCN)CCCNC(=O)[C@H](N)CCCCN.Cl.Cl.Cl.Cl.Cl. The Morgan fingerprint density at radius 2 is 0.902 bits per heavy atom. The molecule has 0 aromatic heterocycles. The molecule has 15 nitrogen and oxygen atoms in total. The molecule has 0 fully saturated rings. The Morgan fingerprint density at radius 3 is 1.33 bits per heavy atom. The van der Waals surface area contributed by atoms with Crippen LogP contribution in [0.1, 0.15) is 123 Å². The van der Waals surface area contributed by atoms with E-state index in [1.54, 1.807) is 0 Å². The molecule has 0 rings (SSSR count). The van der Waals surface area contributed by atoms with Gasteiger partial charge in [0.15, 0.2) is 0 Å². The largest absolute Gasteiger partial charge is 0.356 e. The van der Waals surface area contributed by atoms with Crippen molar-refractivity contribution in [1.29, 1.82) is 0 Å². The van der Waals surface area contributed by atoms with Crippen LogP contribution in [0.25, 0.3) is 0 Å². The molecule has 61 heavy (non-hydrogen) atoms. The minimum atomic E-state index is -0.586. The summed E-state index contributed by atoms with van der Waals surface area (Å²) in [5.41, 5.74) is 23.2. The molecule has 12 N–H and O–H groups in total. The fourth-order valence-electron chi connectivity index (χ4n) is 5.82. The average molecular weight is 975 g/mol. The fourth-order valence-corrected chi connectivity index (χ4v) is 5.82. The van der Waals surface area contributed by atoms with Gasteiger partial charge in [0, 0.05) is 65.2 Å². The number of rotatable bonds is 37. The van der Waals surface area contributed by atoms with Crippen LogP contribution >= 0.6 is 62.0 Å². The Labute approximate surface area is 399 Å². The van der Waals surface area contributed by atoms with E-state index in [4.69, 9.17) is 22.9 Å². The van der Waals surface area contributed by atoms with Crippen LogP contribution in [0.4, 0.5) is 0 Å². The fraction of sp³-hybridized carbons (Fsp3) is 0.780. The summed E-state index contributed by atoms with van der Waals surface area (Å²) in [6, 6.07) is -1.17. The van der Waals surface area contributed by atoms with E-state index in [2.05, 4.69) is 46.1 Å². The highest BCUT2D eigenvalue weighted by Crippen LogP contribution is 2.05. The van der Waals surface area contributed by atoms with Gasteiger partial charge in [0.25, 0.3) is 0 Å². The van der Waals surface area contributed by atoms with E-state index >= 15 is 0 Å². The molecule has 0 aliphatic rings. The molecule has 364 valence electrons. The zero-order valence-electron chi connectivity index (χ0n) is 37.0. The van der Waals surface area contributed by atoms with Crippen molar-refractivity contribution in [1.82, 2.24) is 31.1 Å². The second-order valence-corrected chi connectivity index (χ2v) is 14.3. The first kappa shape index (κ1) is 70.7. The zero-order valence-corrected chi connectivity index (χ0v) is 41.1. The highest BCUT2D eigenvalue weighted by atomic mass is 35.5. The average Bonchev–Trinajstić information content (AvgIpc) is 3.18. The van der Waals surface area contributed by atoms with Gasteiger partial charge in [-0.05, 0) is 96.6 Å². The third-order valence-electron chi connectivity index (χ3n) is 9.21. The van der Waals surface area contributed by atoms with Crippen LogP contribution in [0.15, 0.2) is 24.3 Å². The van der Waals surface area contributed by atoms with Crippen LogP contribution in [0.2, 0.25) is 0 Å². The predicted molar refractivity (Wildman–Crippen MR) is 263 cm³/mol. The molecule has 0 saturated heterocycles. The smallest absolute Gasteiger partial charge is 0.236 e. The van der Waals surface area contributed by atoms with Gasteiger partial charge in [-0.25, -0.2) is 0 Å². The number of carbonyl (C=O) groups is 5. The van der Waals surface area contributed by atoms with E-state index in [0.29, 0.717) is 130 Å². The summed E-state index contributed by atoms with van der Waals surface area (Å²) in [6.07, 6.45) is 20.0. The molecule has 20 heteroatoms. The first-order chi connectivity index (χ1) is 27.1. The van der Waals surface area contributed by atoms with Crippen molar-refractivity contribution in [3.8, 4) is 0 Å². The number of nitrogens with zero attached hydrogens (tertiary/aromatic N) is 2. The number of hydrogen-bond acceptors (Lipinski definition) is 10. The predicted octanol–water partition coefficient (Wildman–Crippen LogP) is 4.05. The zero-order chi connectivity index (χ0) is 41.7. The molecular formula is C41H85Cl5N10O5. The van der Waals surface area contributed by atoms with E-state index < -0.39 is 12.1 Å². The third-order valence-corrected chi connectivity index (χ3v) is 9.21. The van der Waals surface area contributed by atoms with Gasteiger partial charge >= 0.3 is 0 Å². The lowest BCUT2D eigenvalue weighted by Gasteiger charge is -2.28. The number of nitrogens with two attached hydrogens (primary N) is 4. The van der Waals surface area contributed by atoms with E-state index in [0.717, 1.165) is 44.9 Å². The number of unbranched alkanes of at least 4 members (excludes halogenated alkanes) is 3. The van der Waals surface area contributed by atoms with E-state index in [9.17, 15) is 24.0 Å². The maximum absolute atomic E-state index is 13.9. The number of amides is 5. The molecule has 5 amide bonds. The first-order valence-corrected chi connectivity index (χ1v) is 21.4. The molecule has 2 atom stereocenters. The molecule has 0 aromatic rings. The molecule has 0 aliphatic heterocycles. The second-order valence-electron chi connectivity index (χ2n) is 14.3. The number of nitrogens with one attached hydrogen (secondary N) is 4. The van der Waals surface area contributed by atoms with Crippen LogP contribution in [-0.2, 0) is 24.0 Å². The minimum absolute atomic E-state index is 0. The van der Waals surface area contributed by atoms with Gasteiger partial charge in [0.2, 0.25) is 29.5 Å². The maximum atomic E-state index is 13.9. The Morgan fingerprint density at radius 1 is 0.508 bits per heavy atom. The van der Waals surface area contributed by atoms with Gasteiger partial charge in [0.1, 0.15) is 0 Å². The molecule has 0 heterocycles. The van der Waals surface area contributed by atoms with Gasteiger partial charge in [-0.2, -0.15) is 0 Å². The van der Waals surface area contributed by atoms with Gasteiger partial charge in [0.05, 0.1) is 18.6 Å². The van der Waals surface area contributed by atoms with Crippen molar-refractivity contribution in [2.45, 2.75) is 135 Å². The van der Waals surface area contributed by atoms with Crippen LogP contribution < -0.4 is 44.2 Å². The Balaban J connectivity index is -0.00000151. The maximum Gasteiger partial charge on any atom is 0.236 e. The quantitative estimate of drug-likeness (QED) is 0.0328. The van der Waals surface area contributed by atoms with E-state index in [1.165, 1.54) is 0 Å². The van der Waals surface area contributed by atoms with Crippen molar-refractivity contribution in [3.63, 3.8) is 0 Å². The monoisotopic (exact) mass is 973 g/mol. The molecule has 0 aromatic carbocycles. The Kier molecular flexibility index (Phi) is 58.8. The minimum Gasteiger partial charge on any atom is -0.356 e. The lowest BCUT2D eigenvalue weighted by Crippen LogP contribution is -2.45. The Bertz CT molecular complexity index is 1100. The summed E-state index contributed by atoms with van der Waals surface area (Å²) in [4.78, 5) is 67.3. The standard InChI is InChI=1S/C41H80N10O5.5ClH/c1-3-5-7-9-22-37(52)46-26-15-16-32-51(33-19-27-47-38(53)23-10-8-6-4-2)39(54)34-50(30-17-28-48-40(55)35(44)20-11-13-24-42)31-18-29-49-41(56)36(45)21-12-14-25-43;;;;;/h5-8,35-36H,3-4,9-34,42-45H2,1-2H3,(H,46,52)(H,47,53)(H,48,55)(H,49,56);5*1H/b7-5-,8-6-;;;;;/t35-,36-;;;;;/m1...../s1. The lowest BCUT2D eigenvalue weighted by molar-refractivity contribution is -0.133. The first-order valence-electron chi connectivity index (χ1n) is 21.4. The molecule has 0 spiro atoms. The summed E-state index contributed by atoms with van der Waals surface area (Å²) in [5.74, 6) is -0.428. The number of allylic oxidation sites excluding steroid dienone is 4. The van der Waals surface area contributed by atoms with Crippen molar-refractivity contribution in [3.05, 3.63) is 24.3 Å². The van der Waals surface area contributed by atoms with E-state index in [-0.39, 0.29) is 98.1 Å². The molecule has 0 radical (unpaired) electrons. The third kappa shape index (κ3) is 43.1. The number of carbonyl (C=O) groups excluding carboxylic acids is 5. The van der Waals surface area contributed by atoms with Crippen LogP contribution in [0.5, 0.6) is 0 Å². The van der Waals surface area contributed by atoms with Crippen LogP contribution in [0.3, 0.4) is 0 Å². The van der Waals surface area contributed by atoms with Gasteiger partial charge in [-0.3, -0.25) is 28.9 Å². The second kappa shape index (κ2) is 50.7. The van der Waals surface area contributed by atoms with Crippen LogP contribution in [-0.4, -0.2) is 123 Å². The van der Waals surface area contributed by atoms with Gasteiger partial charge in [-0.1, -0.05) is 51.0 Å². The Hall–Kier alpha value is -1.92. The van der Waals surface area contributed by atoms with Gasteiger partial charge in [-0.15, -0.1) is 62.0 Å². The van der Waals surface area contributed by atoms with Crippen molar-refractivity contribution in [2.24, 2.45) is 22.9 Å². The number of hydrogen-bond donors (Lipinski definition) is 8. The van der Waals surface area contributed by atoms with Crippen molar-refractivity contribution < 1.29 is 24.0 Å². The molecular weight excluding hydrogens is 890 g/mol. The lowest BCUT2D eigenvalue weighted by atomic mass is 10.1. The molecule has 0 unspecified atom stereocenters. The van der Waals surface area contributed by atoms with E-state index in [1.807, 2.05) is 23.1 Å². The summed E-state index contributed by atoms with van der Waals surface area (Å²) in [7, 11) is 0. The number of halogens is 5. The highest BCUT2D eigenvalue weighted by Gasteiger charge is 2.19. The topological polar surface area (TPSA) is 244 Å². The summed E-state index contributed by atoms with van der Waals surface area (Å²) in [5, 5.41) is 11.8.